The number of amides is 1. The summed E-state index contributed by atoms with van der Waals surface area (Å²) in [5.74, 6) is 1.44. The second-order valence-electron chi connectivity index (χ2n) is 11.2. The number of nitrogens with one attached hydrogen (secondary N) is 2. The highest BCUT2D eigenvalue weighted by molar-refractivity contribution is 6.61. The fourth-order valence-corrected chi connectivity index (χ4v) is 4.01. The van der Waals surface area contributed by atoms with E-state index >= 15 is 0 Å². The molecule has 2 saturated heterocycles. The Morgan fingerprint density at radius 1 is 1.19 bits per heavy atom. The molecule has 0 aromatic carbocycles. The standard InChI is InChI=1S/C23H40BN3O4/c1-15(2)17-14-18(26-19(17)24-30-22(6,7)23(8,9)31-24)27-12-10-16(11-13-27)25-20(28)29-21(3,4)5/h14-16,26H,10-13H2,1-9H3,(H,25,28). The van der Waals surface area contributed by atoms with E-state index in [2.05, 4.69) is 62.8 Å². The number of nitrogens with zero attached hydrogens (tertiary/aromatic N) is 1. The van der Waals surface area contributed by atoms with Crippen molar-refractivity contribution in [3.05, 3.63) is 11.6 Å². The van der Waals surface area contributed by atoms with Crippen LogP contribution in [0.5, 0.6) is 0 Å². The van der Waals surface area contributed by atoms with Crippen molar-refractivity contribution in [3.63, 3.8) is 0 Å². The predicted molar refractivity (Wildman–Crippen MR) is 125 cm³/mol. The molecular weight excluding hydrogens is 393 g/mol. The Labute approximate surface area is 187 Å². The second kappa shape index (κ2) is 8.36. The van der Waals surface area contributed by atoms with Gasteiger partial charge in [0.1, 0.15) is 11.4 Å². The molecule has 0 spiro atoms. The van der Waals surface area contributed by atoms with Crippen LogP contribution in [0.15, 0.2) is 6.07 Å². The van der Waals surface area contributed by atoms with Gasteiger partial charge in [-0.1, -0.05) is 13.8 Å². The number of H-pyrrole nitrogens is 1. The topological polar surface area (TPSA) is 75.8 Å². The summed E-state index contributed by atoms with van der Waals surface area (Å²) in [7, 11) is -0.400. The molecule has 8 heteroatoms. The molecule has 0 atom stereocenters. The monoisotopic (exact) mass is 433 g/mol. The molecule has 0 bridgehead atoms. The number of hydrogen-bond donors (Lipinski definition) is 2. The molecule has 31 heavy (non-hydrogen) atoms. The summed E-state index contributed by atoms with van der Waals surface area (Å²) in [6.07, 6.45) is 1.42. The highest BCUT2D eigenvalue weighted by atomic mass is 16.7. The molecule has 0 aliphatic carbocycles. The number of aromatic nitrogens is 1. The van der Waals surface area contributed by atoms with Crippen molar-refractivity contribution in [1.82, 2.24) is 10.3 Å². The van der Waals surface area contributed by atoms with Gasteiger partial charge in [-0.3, -0.25) is 0 Å². The van der Waals surface area contributed by atoms with Gasteiger partial charge in [0.15, 0.2) is 0 Å². The molecule has 2 aliphatic heterocycles. The smallest absolute Gasteiger partial charge is 0.444 e. The van der Waals surface area contributed by atoms with E-state index in [1.807, 2.05) is 20.8 Å². The molecule has 174 valence electrons. The number of carbonyl (C=O) groups excluding carboxylic acids is 1. The molecule has 1 aromatic heterocycles. The Hall–Kier alpha value is -1.67. The average Bonchev–Trinajstić information content (AvgIpc) is 3.13. The summed E-state index contributed by atoms with van der Waals surface area (Å²) in [6.45, 7) is 20.1. The maximum absolute atomic E-state index is 12.1. The van der Waals surface area contributed by atoms with E-state index in [0.29, 0.717) is 5.92 Å². The van der Waals surface area contributed by atoms with Gasteiger partial charge >= 0.3 is 13.2 Å². The van der Waals surface area contributed by atoms with Crippen LogP contribution in [0.1, 0.15) is 86.6 Å². The van der Waals surface area contributed by atoms with E-state index in [9.17, 15) is 4.79 Å². The number of ether oxygens (including phenoxy) is 1. The van der Waals surface area contributed by atoms with Crippen molar-refractivity contribution in [1.29, 1.82) is 0 Å². The highest BCUT2D eigenvalue weighted by Gasteiger charge is 2.53. The first-order valence-electron chi connectivity index (χ1n) is 11.5. The maximum atomic E-state index is 12.1. The zero-order valence-corrected chi connectivity index (χ0v) is 20.7. The first-order valence-corrected chi connectivity index (χ1v) is 11.5. The molecule has 2 N–H and O–H groups in total. The van der Waals surface area contributed by atoms with Crippen molar-refractivity contribution in [2.45, 2.75) is 104 Å². The summed E-state index contributed by atoms with van der Waals surface area (Å²) >= 11 is 0. The third-order valence-electron chi connectivity index (χ3n) is 6.53. The van der Waals surface area contributed by atoms with Gasteiger partial charge in [-0.15, -0.1) is 0 Å². The quantitative estimate of drug-likeness (QED) is 0.704. The van der Waals surface area contributed by atoms with Crippen LogP contribution in [-0.4, -0.2) is 54.1 Å². The molecule has 1 aromatic rings. The van der Waals surface area contributed by atoms with E-state index in [1.54, 1.807) is 0 Å². The Morgan fingerprint density at radius 3 is 2.23 bits per heavy atom. The van der Waals surface area contributed by atoms with Crippen molar-refractivity contribution < 1.29 is 18.8 Å². The number of hydrogen-bond acceptors (Lipinski definition) is 5. The molecule has 2 fully saturated rings. The van der Waals surface area contributed by atoms with Crippen LogP contribution in [0.4, 0.5) is 10.6 Å². The number of rotatable bonds is 4. The van der Waals surface area contributed by atoms with Gasteiger partial charge < -0.3 is 29.2 Å². The number of alkyl carbamates (subject to hydrolysis) is 1. The normalized spacial score (nSPS) is 21.6. The zero-order chi connectivity index (χ0) is 23.2. The van der Waals surface area contributed by atoms with Gasteiger partial charge in [0.25, 0.3) is 0 Å². The highest BCUT2D eigenvalue weighted by Crippen LogP contribution is 2.37. The van der Waals surface area contributed by atoms with E-state index in [-0.39, 0.29) is 23.3 Å². The van der Waals surface area contributed by atoms with Crippen LogP contribution >= 0.6 is 0 Å². The first kappa shape index (κ1) is 24.0. The SMILES string of the molecule is CC(C)c1cc(N2CCC(NC(=O)OC(C)(C)C)CC2)[nH]c1B1OC(C)(C)C(C)(C)O1. The van der Waals surface area contributed by atoms with Gasteiger partial charge in [0, 0.05) is 19.1 Å². The molecule has 3 heterocycles. The van der Waals surface area contributed by atoms with Crippen molar-refractivity contribution >= 4 is 24.6 Å². The van der Waals surface area contributed by atoms with Crippen LogP contribution < -0.4 is 15.8 Å². The zero-order valence-electron chi connectivity index (χ0n) is 20.7. The Morgan fingerprint density at radius 2 is 1.74 bits per heavy atom. The second-order valence-corrected chi connectivity index (χ2v) is 11.2. The van der Waals surface area contributed by atoms with E-state index in [1.165, 1.54) is 5.56 Å². The molecular formula is C23H40BN3O4. The Balaban J connectivity index is 1.67. The minimum atomic E-state index is -0.480. The number of anilines is 1. The Bertz CT molecular complexity index is 773. The fraction of sp³-hybridized carbons (Fsp3) is 0.783. The molecule has 0 unspecified atom stereocenters. The fourth-order valence-electron chi connectivity index (χ4n) is 4.01. The average molecular weight is 433 g/mol. The van der Waals surface area contributed by atoms with Gasteiger partial charge in [0.05, 0.1) is 16.8 Å². The molecule has 0 saturated carbocycles. The van der Waals surface area contributed by atoms with Crippen molar-refractivity contribution in [3.8, 4) is 0 Å². The number of carbonyl (C=O) groups is 1. The lowest BCUT2D eigenvalue weighted by Crippen LogP contribution is -2.46. The van der Waals surface area contributed by atoms with Crippen LogP contribution in [-0.2, 0) is 14.0 Å². The minimum Gasteiger partial charge on any atom is -0.444 e. The first-order chi connectivity index (χ1) is 14.2. The third kappa shape index (κ3) is 5.40. The lowest BCUT2D eigenvalue weighted by Gasteiger charge is -2.33. The van der Waals surface area contributed by atoms with Crippen LogP contribution in [0, 0.1) is 0 Å². The van der Waals surface area contributed by atoms with Gasteiger partial charge in [-0.2, -0.15) is 0 Å². The molecule has 1 amide bonds. The molecule has 2 aliphatic rings. The maximum Gasteiger partial charge on any atom is 0.512 e. The van der Waals surface area contributed by atoms with E-state index in [4.69, 9.17) is 14.0 Å². The lowest BCUT2D eigenvalue weighted by molar-refractivity contribution is 0.00578. The summed E-state index contributed by atoms with van der Waals surface area (Å²) < 4.78 is 18.0. The van der Waals surface area contributed by atoms with Gasteiger partial charge in [-0.05, 0) is 78.9 Å². The summed E-state index contributed by atoms with van der Waals surface area (Å²) in [6, 6.07) is 2.36. The van der Waals surface area contributed by atoms with Crippen molar-refractivity contribution in [2.24, 2.45) is 0 Å². The molecule has 3 rings (SSSR count). The predicted octanol–water partition coefficient (Wildman–Crippen LogP) is 3.93. The largest absolute Gasteiger partial charge is 0.512 e. The van der Waals surface area contributed by atoms with E-state index < -0.39 is 12.7 Å². The molecule has 7 nitrogen and oxygen atoms in total. The van der Waals surface area contributed by atoms with E-state index in [0.717, 1.165) is 37.3 Å². The van der Waals surface area contributed by atoms with Gasteiger partial charge in [0.2, 0.25) is 0 Å². The Kier molecular flexibility index (Phi) is 6.47. The summed E-state index contributed by atoms with van der Waals surface area (Å²) in [5.41, 5.74) is 1.01. The summed E-state index contributed by atoms with van der Waals surface area (Å²) in [4.78, 5) is 18.0. The van der Waals surface area contributed by atoms with Crippen LogP contribution in [0.25, 0.3) is 0 Å². The van der Waals surface area contributed by atoms with Crippen molar-refractivity contribution in [2.75, 3.05) is 18.0 Å². The lowest BCUT2D eigenvalue weighted by atomic mass is 9.79. The summed E-state index contributed by atoms with van der Waals surface area (Å²) in [5, 5.41) is 3.01. The van der Waals surface area contributed by atoms with Crippen LogP contribution in [0.2, 0.25) is 0 Å². The third-order valence-corrected chi connectivity index (χ3v) is 6.53. The number of piperidine rings is 1. The minimum absolute atomic E-state index is 0.133. The van der Waals surface area contributed by atoms with Gasteiger partial charge in [-0.25, -0.2) is 4.79 Å². The molecule has 0 radical (unpaired) electrons. The van der Waals surface area contributed by atoms with Crippen LogP contribution in [0.3, 0.4) is 0 Å². The number of aromatic amines is 1.